The lowest BCUT2D eigenvalue weighted by atomic mass is 10.2. The maximum absolute atomic E-state index is 5.12. The van der Waals surface area contributed by atoms with Crippen LogP contribution in [0, 0.1) is 0 Å². The minimum atomic E-state index is 0. The molecule has 0 aliphatic heterocycles. The standard InChI is InChI=1S/C12H14N2O.ClH/c1-3-14-9-8-13-12(14)10-4-6-11(15-2)7-5-10;/h4-9H,3H2,1-2H3;1H. The van der Waals surface area contributed by atoms with Gasteiger partial charge in [-0.1, -0.05) is 0 Å². The Kier molecular flexibility index (Phi) is 4.38. The third kappa shape index (κ3) is 2.36. The van der Waals surface area contributed by atoms with Crippen molar-refractivity contribution in [3.63, 3.8) is 0 Å². The monoisotopic (exact) mass is 238 g/mol. The van der Waals surface area contributed by atoms with E-state index >= 15 is 0 Å². The van der Waals surface area contributed by atoms with Crippen LogP contribution in [-0.2, 0) is 6.54 Å². The van der Waals surface area contributed by atoms with Gasteiger partial charge in [0.05, 0.1) is 7.11 Å². The van der Waals surface area contributed by atoms with Crippen LogP contribution in [0.5, 0.6) is 5.75 Å². The van der Waals surface area contributed by atoms with Gasteiger partial charge in [-0.05, 0) is 31.2 Å². The topological polar surface area (TPSA) is 27.1 Å². The first-order chi connectivity index (χ1) is 7.35. The van der Waals surface area contributed by atoms with Crippen molar-refractivity contribution in [1.29, 1.82) is 0 Å². The van der Waals surface area contributed by atoms with Crippen LogP contribution < -0.4 is 4.74 Å². The lowest BCUT2D eigenvalue weighted by Crippen LogP contribution is -1.95. The summed E-state index contributed by atoms with van der Waals surface area (Å²) in [6.45, 7) is 3.04. The fraction of sp³-hybridized carbons (Fsp3) is 0.250. The summed E-state index contributed by atoms with van der Waals surface area (Å²) in [7, 11) is 1.67. The number of imidazole rings is 1. The van der Waals surface area contributed by atoms with Crippen molar-refractivity contribution in [2.45, 2.75) is 13.5 Å². The van der Waals surface area contributed by atoms with Gasteiger partial charge in [-0.3, -0.25) is 0 Å². The van der Waals surface area contributed by atoms with E-state index in [9.17, 15) is 0 Å². The molecule has 1 aromatic heterocycles. The lowest BCUT2D eigenvalue weighted by molar-refractivity contribution is 0.415. The molecule has 0 N–H and O–H groups in total. The third-order valence-corrected chi connectivity index (χ3v) is 2.40. The van der Waals surface area contributed by atoms with Gasteiger partial charge >= 0.3 is 0 Å². The van der Waals surface area contributed by atoms with Crippen molar-refractivity contribution < 1.29 is 4.74 Å². The van der Waals surface area contributed by atoms with Crippen LogP contribution in [0.15, 0.2) is 36.7 Å². The molecule has 1 aromatic carbocycles. The molecule has 0 spiro atoms. The molecule has 0 saturated heterocycles. The highest BCUT2D eigenvalue weighted by atomic mass is 35.5. The van der Waals surface area contributed by atoms with Crippen molar-refractivity contribution in [2.75, 3.05) is 7.11 Å². The van der Waals surface area contributed by atoms with E-state index in [0.29, 0.717) is 0 Å². The molecule has 1 heterocycles. The molecule has 0 aliphatic rings. The second kappa shape index (κ2) is 5.56. The zero-order valence-corrected chi connectivity index (χ0v) is 10.2. The summed E-state index contributed by atoms with van der Waals surface area (Å²) >= 11 is 0. The van der Waals surface area contributed by atoms with Gasteiger partial charge in [0.15, 0.2) is 0 Å². The van der Waals surface area contributed by atoms with Crippen LogP contribution in [0.4, 0.5) is 0 Å². The average molecular weight is 239 g/mol. The smallest absolute Gasteiger partial charge is 0.139 e. The first kappa shape index (κ1) is 12.6. The molecule has 0 bridgehead atoms. The van der Waals surface area contributed by atoms with Crippen LogP contribution in [0.1, 0.15) is 6.92 Å². The van der Waals surface area contributed by atoms with Crippen LogP contribution >= 0.6 is 12.4 Å². The van der Waals surface area contributed by atoms with Gasteiger partial charge in [0.2, 0.25) is 0 Å². The number of hydrogen-bond acceptors (Lipinski definition) is 2. The molecule has 86 valence electrons. The fourth-order valence-corrected chi connectivity index (χ4v) is 1.56. The summed E-state index contributed by atoms with van der Waals surface area (Å²) in [6.07, 6.45) is 3.81. The highest BCUT2D eigenvalue weighted by Gasteiger charge is 2.03. The summed E-state index contributed by atoms with van der Waals surface area (Å²) < 4.78 is 7.23. The normalized spacial score (nSPS) is 9.62. The Hall–Kier alpha value is -1.48. The van der Waals surface area contributed by atoms with Gasteiger partial charge < -0.3 is 9.30 Å². The van der Waals surface area contributed by atoms with Crippen LogP contribution in [0.3, 0.4) is 0 Å². The van der Waals surface area contributed by atoms with Crippen molar-refractivity contribution >= 4 is 12.4 Å². The lowest BCUT2D eigenvalue weighted by Gasteiger charge is -2.05. The molecule has 0 atom stereocenters. The van der Waals surface area contributed by atoms with Crippen LogP contribution in [-0.4, -0.2) is 16.7 Å². The summed E-state index contributed by atoms with van der Waals surface area (Å²) in [5.41, 5.74) is 1.11. The van der Waals surface area contributed by atoms with Crippen LogP contribution in [0.2, 0.25) is 0 Å². The molecule has 3 nitrogen and oxygen atoms in total. The number of aryl methyl sites for hydroxylation is 1. The SMILES string of the molecule is CCn1ccnc1-c1ccc(OC)cc1.Cl. The number of ether oxygens (including phenoxy) is 1. The number of nitrogens with zero attached hydrogens (tertiary/aromatic N) is 2. The van der Waals surface area contributed by atoms with Gasteiger partial charge in [-0.2, -0.15) is 0 Å². The second-order valence-electron chi connectivity index (χ2n) is 3.27. The molecular formula is C12H15ClN2O. The van der Waals surface area contributed by atoms with E-state index in [4.69, 9.17) is 4.74 Å². The van der Waals surface area contributed by atoms with E-state index in [1.54, 1.807) is 7.11 Å². The molecule has 2 aromatic rings. The van der Waals surface area contributed by atoms with Crippen molar-refractivity contribution in [3.05, 3.63) is 36.7 Å². The van der Waals surface area contributed by atoms with Gasteiger partial charge in [0.1, 0.15) is 11.6 Å². The van der Waals surface area contributed by atoms with E-state index in [0.717, 1.165) is 23.7 Å². The Morgan fingerprint density at radius 1 is 1.25 bits per heavy atom. The van der Waals surface area contributed by atoms with Gasteiger partial charge in [0, 0.05) is 24.5 Å². The molecule has 2 rings (SSSR count). The first-order valence-electron chi connectivity index (χ1n) is 5.00. The summed E-state index contributed by atoms with van der Waals surface area (Å²) in [6, 6.07) is 7.94. The molecule has 0 amide bonds. The zero-order valence-electron chi connectivity index (χ0n) is 9.38. The third-order valence-electron chi connectivity index (χ3n) is 2.40. The highest BCUT2D eigenvalue weighted by Crippen LogP contribution is 2.20. The molecule has 0 saturated carbocycles. The highest BCUT2D eigenvalue weighted by molar-refractivity contribution is 5.85. The predicted molar refractivity (Wildman–Crippen MR) is 67.1 cm³/mol. The Bertz CT molecular complexity index is 437. The number of benzene rings is 1. The predicted octanol–water partition coefficient (Wildman–Crippen LogP) is 3.00. The molecule has 0 unspecified atom stereocenters. The maximum atomic E-state index is 5.12. The fourth-order valence-electron chi connectivity index (χ4n) is 1.56. The summed E-state index contributed by atoms with van der Waals surface area (Å²) in [5, 5.41) is 0. The molecule has 0 aliphatic carbocycles. The molecule has 0 radical (unpaired) electrons. The number of rotatable bonds is 3. The Morgan fingerprint density at radius 2 is 1.94 bits per heavy atom. The zero-order chi connectivity index (χ0) is 10.7. The Labute approximate surface area is 101 Å². The second-order valence-corrected chi connectivity index (χ2v) is 3.27. The minimum absolute atomic E-state index is 0. The van der Waals surface area contributed by atoms with E-state index < -0.39 is 0 Å². The van der Waals surface area contributed by atoms with Gasteiger partial charge in [-0.15, -0.1) is 12.4 Å². The number of aromatic nitrogens is 2. The quantitative estimate of drug-likeness (QED) is 0.822. The van der Waals surface area contributed by atoms with E-state index in [1.165, 1.54) is 0 Å². The number of hydrogen-bond donors (Lipinski definition) is 0. The molecule has 0 fully saturated rings. The molecule has 4 heteroatoms. The maximum Gasteiger partial charge on any atom is 0.139 e. The average Bonchev–Trinajstić information content (AvgIpc) is 2.77. The van der Waals surface area contributed by atoms with E-state index in [1.807, 2.05) is 36.7 Å². The summed E-state index contributed by atoms with van der Waals surface area (Å²) in [4.78, 5) is 4.33. The Morgan fingerprint density at radius 3 is 2.50 bits per heavy atom. The Balaban J connectivity index is 0.00000128. The van der Waals surface area contributed by atoms with E-state index in [2.05, 4.69) is 16.5 Å². The van der Waals surface area contributed by atoms with Crippen molar-refractivity contribution in [3.8, 4) is 17.1 Å². The van der Waals surface area contributed by atoms with Gasteiger partial charge in [-0.25, -0.2) is 4.98 Å². The molecular weight excluding hydrogens is 224 g/mol. The van der Waals surface area contributed by atoms with Gasteiger partial charge in [0.25, 0.3) is 0 Å². The van der Waals surface area contributed by atoms with Crippen molar-refractivity contribution in [2.24, 2.45) is 0 Å². The van der Waals surface area contributed by atoms with E-state index in [-0.39, 0.29) is 12.4 Å². The van der Waals surface area contributed by atoms with Crippen LogP contribution in [0.25, 0.3) is 11.4 Å². The minimum Gasteiger partial charge on any atom is -0.497 e. The molecule has 16 heavy (non-hydrogen) atoms. The number of halogens is 1. The summed E-state index contributed by atoms with van der Waals surface area (Å²) in [5.74, 6) is 1.87. The number of methoxy groups -OCH3 is 1. The first-order valence-corrected chi connectivity index (χ1v) is 5.00. The largest absolute Gasteiger partial charge is 0.497 e. The van der Waals surface area contributed by atoms with Crippen molar-refractivity contribution in [1.82, 2.24) is 9.55 Å².